The Morgan fingerprint density at radius 3 is 2.48 bits per heavy atom. The van der Waals surface area contributed by atoms with Crippen molar-refractivity contribution in [2.45, 2.75) is 40.6 Å². The lowest BCUT2D eigenvalue weighted by Crippen LogP contribution is -2.33. The van der Waals surface area contributed by atoms with E-state index in [1.54, 1.807) is 17.8 Å². The highest BCUT2D eigenvalue weighted by molar-refractivity contribution is 7.99. The number of halogens is 1. The molecule has 1 amide bonds. The highest BCUT2D eigenvalue weighted by atomic mass is 35.5. The van der Waals surface area contributed by atoms with Gasteiger partial charge in [0.15, 0.2) is 5.15 Å². The number of benzene rings is 2. The summed E-state index contributed by atoms with van der Waals surface area (Å²) in [5.41, 5.74) is 1.70. The molecule has 0 saturated heterocycles. The third-order valence-electron chi connectivity index (χ3n) is 4.34. The first-order valence-electron chi connectivity index (χ1n) is 9.25. The number of amides is 1. The van der Waals surface area contributed by atoms with Crippen LogP contribution in [-0.2, 0) is 6.42 Å². The number of aryl methyl sites for hydroxylation is 1. The summed E-state index contributed by atoms with van der Waals surface area (Å²) in [5, 5.41) is 11.8. The Kier molecular flexibility index (Phi) is 7.98. The molecule has 0 aliphatic heterocycles. The van der Waals surface area contributed by atoms with Crippen LogP contribution in [0.2, 0.25) is 5.15 Å². The molecule has 0 spiro atoms. The van der Waals surface area contributed by atoms with Gasteiger partial charge >= 0.3 is 0 Å². The molecule has 1 heterocycles. The van der Waals surface area contributed by atoms with Crippen LogP contribution in [-0.4, -0.2) is 28.4 Å². The Hall–Kier alpha value is -2.02. The topological polar surface area (TPSA) is 54.9 Å². The van der Waals surface area contributed by atoms with Crippen molar-refractivity contribution in [3.05, 3.63) is 76.9 Å². The molecular formula is C22H22ClN3OS2. The van der Waals surface area contributed by atoms with Crippen LogP contribution in [0, 0.1) is 0 Å². The van der Waals surface area contributed by atoms with Crippen LogP contribution in [0.4, 0.5) is 0 Å². The molecule has 4 nitrogen and oxygen atoms in total. The molecule has 3 aromatic rings. The molecule has 7 heteroatoms. The number of aromatic nitrogens is 2. The van der Waals surface area contributed by atoms with Crippen molar-refractivity contribution in [3.8, 4) is 0 Å². The molecule has 1 aromatic heterocycles. The lowest BCUT2D eigenvalue weighted by molar-refractivity contribution is 0.0934. The van der Waals surface area contributed by atoms with E-state index < -0.39 is 0 Å². The van der Waals surface area contributed by atoms with Gasteiger partial charge in [-0.3, -0.25) is 4.79 Å². The number of nitrogens with one attached hydrogen (secondary N) is 1. The van der Waals surface area contributed by atoms with E-state index in [2.05, 4.69) is 46.0 Å². The van der Waals surface area contributed by atoms with Gasteiger partial charge in [-0.2, -0.15) is 0 Å². The van der Waals surface area contributed by atoms with E-state index >= 15 is 0 Å². The molecule has 0 aliphatic rings. The standard InChI is InChI=1S/C22H22ClN3OS2/c1-15(8-9-16-10-12-17(28-2)13-11-16)24-21(27)19-14-20(23)25-26-22(19)29-18-6-4-3-5-7-18/h3-7,10-15H,8-9H2,1-2H3,(H,24,27). The molecule has 1 N–H and O–H groups in total. The fourth-order valence-electron chi connectivity index (χ4n) is 2.74. The van der Waals surface area contributed by atoms with Crippen LogP contribution >= 0.6 is 35.1 Å². The zero-order valence-electron chi connectivity index (χ0n) is 16.3. The lowest BCUT2D eigenvalue weighted by atomic mass is 10.1. The second-order valence-electron chi connectivity index (χ2n) is 6.56. The average molecular weight is 444 g/mol. The zero-order chi connectivity index (χ0) is 20.6. The molecule has 0 bridgehead atoms. The Bertz CT molecular complexity index is 952. The number of rotatable bonds is 8. The molecule has 0 aliphatic carbocycles. The smallest absolute Gasteiger partial charge is 0.254 e. The predicted octanol–water partition coefficient (Wildman–Crippen LogP) is 5.75. The van der Waals surface area contributed by atoms with Crippen molar-refractivity contribution >= 4 is 41.0 Å². The van der Waals surface area contributed by atoms with E-state index in [-0.39, 0.29) is 17.1 Å². The summed E-state index contributed by atoms with van der Waals surface area (Å²) in [6, 6.07) is 19.9. The number of carbonyl (C=O) groups is 1. The summed E-state index contributed by atoms with van der Waals surface area (Å²) < 4.78 is 0. The van der Waals surface area contributed by atoms with E-state index in [1.165, 1.54) is 22.2 Å². The van der Waals surface area contributed by atoms with Crippen molar-refractivity contribution in [3.63, 3.8) is 0 Å². The first kappa shape index (κ1) is 21.7. The van der Waals surface area contributed by atoms with Crippen molar-refractivity contribution in [1.29, 1.82) is 0 Å². The first-order chi connectivity index (χ1) is 14.0. The SMILES string of the molecule is CSc1ccc(CCC(C)NC(=O)c2cc(Cl)nnc2Sc2ccccc2)cc1. The number of thioether (sulfide) groups is 1. The fourth-order valence-corrected chi connectivity index (χ4v) is 4.16. The van der Waals surface area contributed by atoms with Crippen LogP contribution in [0.5, 0.6) is 0 Å². The molecule has 0 saturated carbocycles. The minimum atomic E-state index is -0.189. The van der Waals surface area contributed by atoms with E-state index in [4.69, 9.17) is 11.6 Å². The number of carbonyl (C=O) groups excluding carboxylic acids is 1. The fraction of sp³-hybridized carbons (Fsp3) is 0.227. The minimum absolute atomic E-state index is 0.0178. The molecule has 1 unspecified atom stereocenters. The molecule has 0 radical (unpaired) electrons. The molecular weight excluding hydrogens is 422 g/mol. The van der Waals surface area contributed by atoms with Gasteiger partial charge in [0.05, 0.1) is 5.56 Å². The van der Waals surface area contributed by atoms with E-state index in [0.29, 0.717) is 10.6 Å². The number of nitrogens with zero attached hydrogens (tertiary/aromatic N) is 2. The maximum absolute atomic E-state index is 12.9. The maximum atomic E-state index is 12.9. The van der Waals surface area contributed by atoms with E-state index in [9.17, 15) is 4.79 Å². The Morgan fingerprint density at radius 2 is 1.79 bits per heavy atom. The van der Waals surface area contributed by atoms with Crippen LogP contribution in [0.3, 0.4) is 0 Å². The van der Waals surface area contributed by atoms with E-state index in [0.717, 1.165) is 17.7 Å². The van der Waals surface area contributed by atoms with Crippen LogP contribution in [0.1, 0.15) is 29.3 Å². The van der Waals surface area contributed by atoms with Crippen molar-refractivity contribution in [2.75, 3.05) is 6.26 Å². The van der Waals surface area contributed by atoms with Gasteiger partial charge in [-0.15, -0.1) is 22.0 Å². The lowest BCUT2D eigenvalue weighted by Gasteiger charge is -2.15. The molecule has 1 atom stereocenters. The van der Waals surface area contributed by atoms with Crippen LogP contribution in [0.15, 0.2) is 75.5 Å². The summed E-state index contributed by atoms with van der Waals surface area (Å²) in [6.45, 7) is 2.01. The third kappa shape index (κ3) is 6.49. The normalized spacial score (nSPS) is 11.8. The Balaban J connectivity index is 1.63. The quantitative estimate of drug-likeness (QED) is 0.449. The predicted molar refractivity (Wildman–Crippen MR) is 121 cm³/mol. The van der Waals surface area contributed by atoms with Crippen molar-refractivity contribution < 1.29 is 4.79 Å². The van der Waals surface area contributed by atoms with Gasteiger partial charge in [-0.1, -0.05) is 53.7 Å². The molecule has 3 rings (SSSR count). The van der Waals surface area contributed by atoms with Gasteiger partial charge in [-0.25, -0.2) is 0 Å². The zero-order valence-corrected chi connectivity index (χ0v) is 18.7. The van der Waals surface area contributed by atoms with Gasteiger partial charge in [0.25, 0.3) is 5.91 Å². The molecule has 0 fully saturated rings. The number of hydrogen-bond donors (Lipinski definition) is 1. The summed E-state index contributed by atoms with van der Waals surface area (Å²) in [5.74, 6) is -0.189. The minimum Gasteiger partial charge on any atom is -0.349 e. The summed E-state index contributed by atoms with van der Waals surface area (Å²) >= 11 is 9.13. The van der Waals surface area contributed by atoms with Gasteiger partial charge in [0.1, 0.15) is 5.03 Å². The Labute approximate surface area is 184 Å². The summed E-state index contributed by atoms with van der Waals surface area (Å²) in [4.78, 5) is 15.1. The molecule has 2 aromatic carbocycles. The highest BCUT2D eigenvalue weighted by Gasteiger charge is 2.17. The Morgan fingerprint density at radius 1 is 1.07 bits per heavy atom. The second kappa shape index (κ2) is 10.7. The highest BCUT2D eigenvalue weighted by Crippen LogP contribution is 2.29. The van der Waals surface area contributed by atoms with Crippen molar-refractivity contribution in [1.82, 2.24) is 15.5 Å². The molecule has 29 heavy (non-hydrogen) atoms. The van der Waals surface area contributed by atoms with E-state index in [1.807, 2.05) is 37.3 Å². The van der Waals surface area contributed by atoms with Crippen molar-refractivity contribution in [2.24, 2.45) is 0 Å². The van der Waals surface area contributed by atoms with Crippen LogP contribution < -0.4 is 5.32 Å². The second-order valence-corrected chi connectivity index (χ2v) is 8.89. The first-order valence-corrected chi connectivity index (χ1v) is 11.7. The van der Waals surface area contributed by atoms with Gasteiger partial charge in [0, 0.05) is 15.8 Å². The monoisotopic (exact) mass is 443 g/mol. The average Bonchev–Trinajstić information content (AvgIpc) is 2.74. The van der Waals surface area contributed by atoms with Gasteiger partial charge < -0.3 is 5.32 Å². The molecule has 150 valence electrons. The van der Waals surface area contributed by atoms with Gasteiger partial charge in [0.2, 0.25) is 0 Å². The summed E-state index contributed by atoms with van der Waals surface area (Å²) in [7, 11) is 0. The number of hydrogen-bond acceptors (Lipinski definition) is 5. The van der Waals surface area contributed by atoms with Gasteiger partial charge in [-0.05, 0) is 61.9 Å². The largest absolute Gasteiger partial charge is 0.349 e. The van der Waals surface area contributed by atoms with Crippen LogP contribution in [0.25, 0.3) is 0 Å². The summed E-state index contributed by atoms with van der Waals surface area (Å²) in [6.07, 6.45) is 3.81. The third-order valence-corrected chi connectivity index (χ3v) is 6.27. The maximum Gasteiger partial charge on any atom is 0.254 e.